The summed E-state index contributed by atoms with van der Waals surface area (Å²) in [5, 5.41) is 3.73. The van der Waals surface area contributed by atoms with Gasteiger partial charge in [0.05, 0.1) is 18.9 Å². The van der Waals surface area contributed by atoms with Crippen molar-refractivity contribution in [3.63, 3.8) is 0 Å². The molecule has 0 unspecified atom stereocenters. The molecule has 2 aliphatic rings. The molecule has 1 spiro atoms. The Bertz CT molecular complexity index is 782. The Hall–Kier alpha value is -2.00. The Morgan fingerprint density at radius 1 is 1.21 bits per heavy atom. The van der Waals surface area contributed by atoms with E-state index in [0.717, 1.165) is 10.7 Å². The largest absolute Gasteiger partial charge is 0.435 e. The predicted molar refractivity (Wildman–Crippen MR) is 72.8 cm³/mol. The molecule has 3 heterocycles. The van der Waals surface area contributed by atoms with E-state index in [1.165, 1.54) is 12.3 Å². The number of pyridine rings is 1. The third-order valence-electron chi connectivity index (χ3n) is 4.25. The second-order valence-electron chi connectivity index (χ2n) is 5.73. The number of alkyl halides is 3. The molecule has 2 aromatic heterocycles. The van der Waals surface area contributed by atoms with Gasteiger partial charge in [0.15, 0.2) is 5.69 Å². The maximum atomic E-state index is 13.5. The molecule has 0 amide bonds. The SMILES string of the molecule is Fc1cc(-n2nc(C(F)(F)F)c3c2C2(CCC3)OCCO2)ccn1. The zero-order valence-corrected chi connectivity index (χ0v) is 12.4. The van der Waals surface area contributed by atoms with Crippen LogP contribution in [0.2, 0.25) is 0 Å². The second kappa shape index (κ2) is 5.25. The summed E-state index contributed by atoms with van der Waals surface area (Å²) in [4.78, 5) is 3.43. The third-order valence-corrected chi connectivity index (χ3v) is 4.25. The molecule has 1 saturated heterocycles. The summed E-state index contributed by atoms with van der Waals surface area (Å²) in [6.45, 7) is 0.577. The molecule has 0 radical (unpaired) electrons. The molecule has 9 heteroatoms. The standard InChI is InChI=1S/C15H13F4N3O2/c16-11-8-9(3-5-20-11)22-13-10(12(21-22)15(17,18)19)2-1-4-14(13)23-6-7-24-14/h3,5,8H,1-2,4,6-7H2. The first-order valence-corrected chi connectivity index (χ1v) is 7.50. The lowest BCUT2D eigenvalue weighted by atomic mass is 9.90. The number of ether oxygens (including phenoxy) is 2. The van der Waals surface area contributed by atoms with Gasteiger partial charge in [-0.2, -0.15) is 22.7 Å². The van der Waals surface area contributed by atoms with Gasteiger partial charge >= 0.3 is 6.18 Å². The summed E-state index contributed by atoms with van der Waals surface area (Å²) in [6, 6.07) is 2.43. The smallest absolute Gasteiger partial charge is 0.342 e. The van der Waals surface area contributed by atoms with Gasteiger partial charge in [-0.1, -0.05) is 0 Å². The average molecular weight is 343 g/mol. The summed E-state index contributed by atoms with van der Waals surface area (Å²) in [5.74, 6) is -2.06. The van der Waals surface area contributed by atoms with E-state index >= 15 is 0 Å². The normalized spacial score (nSPS) is 19.7. The lowest BCUT2D eigenvalue weighted by molar-refractivity contribution is -0.180. The van der Waals surface area contributed by atoms with Gasteiger partial charge in [-0.25, -0.2) is 9.67 Å². The highest BCUT2D eigenvalue weighted by molar-refractivity contribution is 5.41. The average Bonchev–Trinajstić information content (AvgIpc) is 3.13. The summed E-state index contributed by atoms with van der Waals surface area (Å²) in [7, 11) is 0. The Kier molecular flexibility index (Phi) is 3.40. The first-order chi connectivity index (χ1) is 11.4. The molecule has 0 N–H and O–H groups in total. The van der Waals surface area contributed by atoms with Crippen molar-refractivity contribution in [2.45, 2.75) is 31.2 Å². The zero-order chi connectivity index (χ0) is 16.9. The van der Waals surface area contributed by atoms with Gasteiger partial charge in [-0.05, 0) is 18.9 Å². The molecule has 4 rings (SSSR count). The van der Waals surface area contributed by atoms with Crippen LogP contribution in [0.1, 0.15) is 29.8 Å². The summed E-state index contributed by atoms with van der Waals surface area (Å²) >= 11 is 0. The maximum absolute atomic E-state index is 13.5. The van der Waals surface area contributed by atoms with Crippen LogP contribution in [0.4, 0.5) is 17.6 Å². The fourth-order valence-electron chi connectivity index (χ4n) is 3.37. The molecular formula is C15H13F4N3O2. The molecule has 24 heavy (non-hydrogen) atoms. The first kappa shape index (κ1) is 15.5. The van der Waals surface area contributed by atoms with E-state index in [9.17, 15) is 17.6 Å². The van der Waals surface area contributed by atoms with Crippen LogP contribution < -0.4 is 0 Å². The van der Waals surface area contributed by atoms with Crippen molar-refractivity contribution in [3.05, 3.63) is 41.2 Å². The summed E-state index contributed by atoms with van der Waals surface area (Å²) in [6.07, 6.45) is -2.30. The van der Waals surface area contributed by atoms with Gasteiger partial charge in [0, 0.05) is 24.2 Å². The summed E-state index contributed by atoms with van der Waals surface area (Å²) < 4.78 is 66.1. The van der Waals surface area contributed by atoms with Gasteiger partial charge in [0.2, 0.25) is 11.7 Å². The van der Waals surface area contributed by atoms with Crippen molar-refractivity contribution >= 4 is 0 Å². The van der Waals surface area contributed by atoms with E-state index in [4.69, 9.17) is 9.47 Å². The van der Waals surface area contributed by atoms with Gasteiger partial charge in [-0.15, -0.1) is 0 Å². The molecular weight excluding hydrogens is 330 g/mol. The van der Waals surface area contributed by atoms with E-state index in [2.05, 4.69) is 10.1 Å². The molecule has 0 bridgehead atoms. The van der Waals surface area contributed by atoms with Crippen LogP contribution in [-0.2, 0) is 27.9 Å². The van der Waals surface area contributed by atoms with E-state index in [1.807, 2.05) is 0 Å². The highest BCUT2D eigenvalue weighted by Gasteiger charge is 2.50. The highest BCUT2D eigenvalue weighted by Crippen LogP contribution is 2.46. The van der Waals surface area contributed by atoms with Crippen LogP contribution >= 0.6 is 0 Å². The Morgan fingerprint density at radius 3 is 2.62 bits per heavy atom. The monoisotopic (exact) mass is 343 g/mol. The van der Waals surface area contributed by atoms with E-state index in [0.29, 0.717) is 12.8 Å². The second-order valence-corrected chi connectivity index (χ2v) is 5.73. The number of halogens is 4. The van der Waals surface area contributed by atoms with Crippen molar-refractivity contribution in [3.8, 4) is 5.69 Å². The lowest BCUT2D eigenvalue weighted by Crippen LogP contribution is -2.34. The highest BCUT2D eigenvalue weighted by atomic mass is 19.4. The van der Waals surface area contributed by atoms with Crippen LogP contribution in [0.15, 0.2) is 18.3 Å². The number of nitrogens with zero attached hydrogens (tertiary/aromatic N) is 3. The molecule has 1 aliphatic carbocycles. The van der Waals surface area contributed by atoms with Crippen molar-refractivity contribution in [2.24, 2.45) is 0 Å². The van der Waals surface area contributed by atoms with Crippen LogP contribution in [-0.4, -0.2) is 28.0 Å². The molecule has 128 valence electrons. The van der Waals surface area contributed by atoms with Crippen LogP contribution in [0, 0.1) is 5.95 Å². The number of hydrogen-bond donors (Lipinski definition) is 0. The number of hydrogen-bond acceptors (Lipinski definition) is 4. The Balaban J connectivity index is 1.98. The molecule has 0 aromatic carbocycles. The van der Waals surface area contributed by atoms with Crippen molar-refractivity contribution in [1.82, 2.24) is 14.8 Å². The fraction of sp³-hybridized carbons (Fsp3) is 0.467. The van der Waals surface area contributed by atoms with Gasteiger partial charge in [-0.3, -0.25) is 0 Å². The molecule has 2 aromatic rings. The predicted octanol–water partition coefficient (Wildman–Crippen LogP) is 2.96. The van der Waals surface area contributed by atoms with Gasteiger partial charge in [0.1, 0.15) is 5.69 Å². The van der Waals surface area contributed by atoms with E-state index in [-0.39, 0.29) is 36.6 Å². The van der Waals surface area contributed by atoms with Crippen molar-refractivity contribution in [1.29, 1.82) is 0 Å². The van der Waals surface area contributed by atoms with Crippen LogP contribution in [0.3, 0.4) is 0 Å². The molecule has 0 saturated carbocycles. The van der Waals surface area contributed by atoms with Crippen molar-refractivity contribution in [2.75, 3.05) is 13.2 Å². The minimum Gasteiger partial charge on any atom is -0.342 e. The Morgan fingerprint density at radius 2 is 1.96 bits per heavy atom. The topological polar surface area (TPSA) is 49.2 Å². The molecule has 0 atom stereocenters. The first-order valence-electron chi connectivity index (χ1n) is 7.50. The van der Waals surface area contributed by atoms with E-state index < -0.39 is 23.6 Å². The van der Waals surface area contributed by atoms with Crippen molar-refractivity contribution < 1.29 is 27.0 Å². The van der Waals surface area contributed by atoms with Crippen LogP contribution in [0.5, 0.6) is 0 Å². The van der Waals surface area contributed by atoms with E-state index in [1.54, 1.807) is 0 Å². The van der Waals surface area contributed by atoms with Gasteiger partial charge < -0.3 is 9.47 Å². The number of rotatable bonds is 1. The number of fused-ring (bicyclic) bond motifs is 2. The Labute approximate surface area is 134 Å². The quantitative estimate of drug-likeness (QED) is 0.590. The molecule has 1 fully saturated rings. The fourth-order valence-corrected chi connectivity index (χ4v) is 3.37. The van der Waals surface area contributed by atoms with Gasteiger partial charge in [0.25, 0.3) is 0 Å². The third kappa shape index (κ3) is 2.30. The maximum Gasteiger partial charge on any atom is 0.435 e. The van der Waals surface area contributed by atoms with Crippen LogP contribution in [0.25, 0.3) is 5.69 Å². The summed E-state index contributed by atoms with van der Waals surface area (Å²) in [5.41, 5.74) is -0.584. The molecule has 5 nitrogen and oxygen atoms in total. The molecule has 1 aliphatic heterocycles. The lowest BCUT2D eigenvalue weighted by Gasteiger charge is -2.32. The minimum atomic E-state index is -4.61. The minimum absolute atomic E-state index is 0.0490. The zero-order valence-electron chi connectivity index (χ0n) is 12.4. The number of aromatic nitrogens is 3.